The fourth-order valence-electron chi connectivity index (χ4n) is 3.38. The molecule has 3 heterocycles. The van der Waals surface area contributed by atoms with Gasteiger partial charge in [-0.1, -0.05) is 54.9 Å². The summed E-state index contributed by atoms with van der Waals surface area (Å²) in [6.07, 6.45) is 3.24. The van der Waals surface area contributed by atoms with Gasteiger partial charge in [-0.15, -0.1) is 11.8 Å². The van der Waals surface area contributed by atoms with E-state index in [2.05, 4.69) is 29.1 Å². The third-order valence-corrected chi connectivity index (χ3v) is 8.06. The number of aromatic amines is 1. The minimum atomic E-state index is -1.08. The number of aromatic nitrogens is 4. The van der Waals surface area contributed by atoms with Crippen LogP contribution in [0.25, 0.3) is 11.1 Å². The molecule has 31 heavy (non-hydrogen) atoms. The number of aliphatic imine (C=N–C) groups is 1. The highest BCUT2D eigenvalue weighted by molar-refractivity contribution is 8.25. The molecule has 2 atom stereocenters. The molecule has 0 fully saturated rings. The molecule has 162 valence electrons. The molecule has 7 nitrogen and oxygen atoms in total. The van der Waals surface area contributed by atoms with E-state index in [-0.39, 0.29) is 16.3 Å². The van der Waals surface area contributed by atoms with Gasteiger partial charge in [0.05, 0.1) is 32.6 Å². The number of halogens is 2. The van der Waals surface area contributed by atoms with Crippen LogP contribution in [-0.4, -0.2) is 46.1 Å². The quantitative estimate of drug-likeness (QED) is 0.467. The van der Waals surface area contributed by atoms with Gasteiger partial charge in [0.25, 0.3) is 0 Å². The molecule has 11 heteroatoms. The van der Waals surface area contributed by atoms with Crippen molar-refractivity contribution < 1.29 is 9.90 Å². The zero-order chi connectivity index (χ0) is 22.3. The van der Waals surface area contributed by atoms with Crippen LogP contribution < -0.4 is 0 Å². The van der Waals surface area contributed by atoms with Gasteiger partial charge in [0.1, 0.15) is 0 Å². The van der Waals surface area contributed by atoms with Gasteiger partial charge in [0, 0.05) is 22.6 Å². The van der Waals surface area contributed by atoms with Crippen LogP contribution in [-0.2, 0) is 0 Å². The minimum absolute atomic E-state index is 0.0377. The van der Waals surface area contributed by atoms with E-state index in [1.54, 1.807) is 37.1 Å². The largest absolute Gasteiger partial charge is 0.476 e. The molecule has 0 amide bonds. The van der Waals surface area contributed by atoms with Crippen LogP contribution in [0.5, 0.6) is 0 Å². The summed E-state index contributed by atoms with van der Waals surface area (Å²) in [5.41, 5.74) is 2.77. The van der Waals surface area contributed by atoms with Crippen molar-refractivity contribution in [3.8, 4) is 11.1 Å². The Bertz CT molecular complexity index is 1160. The summed E-state index contributed by atoms with van der Waals surface area (Å²) in [6, 6.07) is 5.26. The molecule has 1 aromatic carbocycles. The number of carboxylic acids is 1. The Morgan fingerprint density at radius 3 is 2.71 bits per heavy atom. The normalized spacial score (nSPS) is 18.6. The number of carboxylic acid groups (broad SMARTS) is 1. The molecule has 0 saturated carbocycles. The van der Waals surface area contributed by atoms with Crippen LogP contribution in [0.3, 0.4) is 0 Å². The number of nitrogens with zero attached hydrogens (tertiary/aromatic N) is 4. The highest BCUT2D eigenvalue weighted by Crippen LogP contribution is 2.47. The molecule has 2 aromatic heterocycles. The van der Waals surface area contributed by atoms with Crippen LogP contribution in [0.15, 0.2) is 35.6 Å². The second-order valence-electron chi connectivity index (χ2n) is 7.21. The Kier molecular flexibility index (Phi) is 6.39. The maximum absolute atomic E-state index is 12.2. The van der Waals surface area contributed by atoms with Crippen molar-refractivity contribution in [3.63, 3.8) is 0 Å². The molecule has 2 N–H and O–H groups in total. The second-order valence-corrected chi connectivity index (χ2v) is 11.2. The maximum Gasteiger partial charge on any atom is 0.355 e. The number of rotatable bonds is 5. The van der Waals surface area contributed by atoms with E-state index < -0.39 is 5.97 Å². The van der Waals surface area contributed by atoms with Gasteiger partial charge < -0.3 is 5.11 Å². The topological polar surface area (TPSA) is 96.2 Å². The lowest BCUT2D eigenvalue weighted by atomic mass is 10.1. The van der Waals surface area contributed by atoms with E-state index in [4.69, 9.17) is 28.2 Å². The number of nitrogens with one attached hydrogen (secondary N) is 1. The molecule has 0 aliphatic carbocycles. The van der Waals surface area contributed by atoms with Crippen LogP contribution >= 0.6 is 46.7 Å². The van der Waals surface area contributed by atoms with Crippen molar-refractivity contribution in [1.29, 1.82) is 0 Å². The van der Waals surface area contributed by atoms with Gasteiger partial charge in [-0.25, -0.2) is 9.48 Å². The van der Waals surface area contributed by atoms with Gasteiger partial charge in [-0.05, 0) is 24.6 Å². The lowest BCUT2D eigenvalue weighted by Gasteiger charge is -2.19. The predicted molar refractivity (Wildman–Crippen MR) is 128 cm³/mol. The highest BCUT2D eigenvalue weighted by atomic mass is 35.5. The Balaban J connectivity index is 1.81. The number of carbonyl (C=O) groups is 1. The zero-order valence-corrected chi connectivity index (χ0v) is 20.0. The van der Waals surface area contributed by atoms with Gasteiger partial charge in [0.15, 0.2) is 10.9 Å². The number of benzene rings is 1. The van der Waals surface area contributed by atoms with Crippen molar-refractivity contribution in [2.45, 2.75) is 36.6 Å². The smallest absolute Gasteiger partial charge is 0.355 e. The Morgan fingerprint density at radius 1 is 1.32 bits per heavy atom. The number of aryl methyl sites for hydroxylation is 1. The average Bonchev–Trinajstić information content (AvgIpc) is 3.41. The fourth-order valence-corrected chi connectivity index (χ4v) is 6.70. The van der Waals surface area contributed by atoms with E-state index >= 15 is 0 Å². The molecule has 2 unspecified atom stereocenters. The summed E-state index contributed by atoms with van der Waals surface area (Å²) in [5, 5.41) is 23.0. The predicted octanol–water partition coefficient (Wildman–Crippen LogP) is 5.75. The summed E-state index contributed by atoms with van der Waals surface area (Å²) in [4.78, 5) is 17.1. The minimum Gasteiger partial charge on any atom is -0.476 e. The van der Waals surface area contributed by atoms with E-state index in [1.165, 1.54) is 16.4 Å². The lowest BCUT2D eigenvalue weighted by molar-refractivity contribution is 0.0689. The van der Waals surface area contributed by atoms with E-state index in [0.29, 0.717) is 37.3 Å². The number of hydrogen-bond acceptors (Lipinski definition) is 6. The summed E-state index contributed by atoms with van der Waals surface area (Å²) in [6.45, 7) is 6.02. The summed E-state index contributed by atoms with van der Waals surface area (Å²) < 4.78 is 1.46. The monoisotopic (exact) mass is 495 g/mol. The zero-order valence-electron chi connectivity index (χ0n) is 16.8. The SMILES string of the molecule is Cc1nn(C2=NC(c3ccc(Cl)c(Cl)c3)C(SC(C)C)S2)c(C(=O)O)c1-c1cn[nH]c1. The first-order chi connectivity index (χ1) is 14.8. The van der Waals surface area contributed by atoms with Crippen LogP contribution in [0, 0.1) is 6.92 Å². The maximum atomic E-state index is 12.2. The molecule has 0 spiro atoms. The number of H-pyrrole nitrogens is 1. The summed E-state index contributed by atoms with van der Waals surface area (Å²) in [7, 11) is 0. The number of hydrogen-bond donors (Lipinski definition) is 2. The average molecular weight is 496 g/mol. The highest BCUT2D eigenvalue weighted by Gasteiger charge is 2.36. The van der Waals surface area contributed by atoms with Gasteiger partial charge >= 0.3 is 5.97 Å². The Hall–Kier alpha value is -1.94. The molecule has 0 bridgehead atoms. The first-order valence-corrected chi connectivity index (χ1v) is 12.0. The molecule has 4 rings (SSSR count). The van der Waals surface area contributed by atoms with Gasteiger partial charge in [0.2, 0.25) is 0 Å². The molecule has 0 saturated heterocycles. The van der Waals surface area contributed by atoms with Crippen LogP contribution in [0.2, 0.25) is 10.0 Å². The molecule has 0 radical (unpaired) electrons. The van der Waals surface area contributed by atoms with Crippen molar-refractivity contribution in [3.05, 3.63) is 57.6 Å². The van der Waals surface area contributed by atoms with E-state index in [1.807, 2.05) is 12.1 Å². The summed E-state index contributed by atoms with van der Waals surface area (Å²) >= 11 is 15.6. The number of thioether (sulfide) groups is 2. The van der Waals surface area contributed by atoms with Crippen molar-refractivity contribution >= 4 is 57.9 Å². The van der Waals surface area contributed by atoms with Crippen LogP contribution in [0.1, 0.15) is 41.6 Å². The molecular weight excluding hydrogens is 477 g/mol. The Morgan fingerprint density at radius 2 is 2.10 bits per heavy atom. The standard InChI is InChI=1S/C20H19Cl2N5O2S2/c1-9(2)30-19-16(11-4-5-13(21)14(22)6-11)25-20(31-19)27-17(18(28)29)15(10(3)26-27)12-7-23-24-8-12/h4-9,16,19H,1-3H3,(H,23,24)(H,28,29). The first-order valence-electron chi connectivity index (χ1n) is 9.43. The van der Waals surface area contributed by atoms with Crippen molar-refractivity contribution in [2.24, 2.45) is 4.99 Å². The summed E-state index contributed by atoms with van der Waals surface area (Å²) in [5.74, 6) is -1.08. The van der Waals surface area contributed by atoms with Crippen LogP contribution in [0.4, 0.5) is 0 Å². The third-order valence-electron chi connectivity index (χ3n) is 4.65. The molecule has 3 aromatic rings. The van der Waals surface area contributed by atoms with Gasteiger partial charge in [-0.3, -0.25) is 10.1 Å². The fraction of sp³-hybridized carbons (Fsp3) is 0.300. The van der Waals surface area contributed by atoms with E-state index in [0.717, 1.165) is 5.56 Å². The first kappa shape index (κ1) is 22.3. The molecule has 1 aliphatic heterocycles. The second kappa shape index (κ2) is 8.90. The Labute approximate surface area is 197 Å². The van der Waals surface area contributed by atoms with Gasteiger partial charge in [-0.2, -0.15) is 10.2 Å². The van der Waals surface area contributed by atoms with E-state index in [9.17, 15) is 9.90 Å². The third kappa shape index (κ3) is 4.37. The van der Waals surface area contributed by atoms with Crippen molar-refractivity contribution in [1.82, 2.24) is 20.0 Å². The molecule has 1 aliphatic rings. The molecular formula is C20H19Cl2N5O2S2. The van der Waals surface area contributed by atoms with Crippen molar-refractivity contribution in [2.75, 3.05) is 0 Å². The lowest BCUT2D eigenvalue weighted by Crippen LogP contribution is -2.16. The number of aromatic carboxylic acids is 1.